The molecule has 3 aromatic rings. The average molecular weight is 461 g/mol. The molecule has 2 amide bonds. The van der Waals surface area contributed by atoms with Gasteiger partial charge in [-0.25, -0.2) is 9.59 Å². The van der Waals surface area contributed by atoms with Crippen LogP contribution >= 0.6 is 0 Å². The second kappa shape index (κ2) is 10.3. The number of amides is 2. The standard InChI is InChI=1S/C27H28N2O5/c1-4-34-26(30)19-10-12-21(13-11-19)28-27(31)29-15-14-20-16-23(32-2)24(33-3)17-22(20)25(29)18-8-6-5-7-9-18/h5-13,16-17,25H,4,14-15H2,1-3H3,(H,28,31)/t25-/m1/s1. The number of nitrogens with one attached hydrogen (secondary N) is 1. The molecule has 1 N–H and O–H groups in total. The number of nitrogens with zero attached hydrogens (tertiary/aromatic N) is 1. The number of ether oxygens (including phenoxy) is 3. The Morgan fingerprint density at radius 3 is 2.29 bits per heavy atom. The molecule has 0 aromatic heterocycles. The zero-order valence-electron chi connectivity index (χ0n) is 19.5. The van der Waals surface area contributed by atoms with E-state index in [1.54, 1.807) is 45.4 Å². The number of hydrogen-bond acceptors (Lipinski definition) is 5. The van der Waals surface area contributed by atoms with Gasteiger partial charge in [-0.2, -0.15) is 0 Å². The predicted octanol–water partition coefficient (Wildman–Crippen LogP) is 5.06. The van der Waals surface area contributed by atoms with Crippen LogP contribution in [0.2, 0.25) is 0 Å². The molecule has 0 saturated carbocycles. The molecule has 0 radical (unpaired) electrons. The van der Waals surface area contributed by atoms with Crippen LogP contribution in [0.3, 0.4) is 0 Å². The van der Waals surface area contributed by atoms with Crippen LogP contribution in [0.15, 0.2) is 66.7 Å². The van der Waals surface area contributed by atoms with Crippen molar-refractivity contribution >= 4 is 17.7 Å². The van der Waals surface area contributed by atoms with Gasteiger partial charge in [0.05, 0.1) is 32.4 Å². The number of benzene rings is 3. The highest BCUT2D eigenvalue weighted by molar-refractivity contribution is 5.92. The van der Waals surface area contributed by atoms with Crippen molar-refractivity contribution in [3.05, 3.63) is 89.0 Å². The molecule has 3 aromatic carbocycles. The number of rotatable bonds is 6. The Labute approximate surface area is 199 Å². The minimum atomic E-state index is -0.387. The molecule has 1 heterocycles. The molecule has 1 atom stereocenters. The molecule has 7 nitrogen and oxygen atoms in total. The van der Waals surface area contributed by atoms with Crippen LogP contribution < -0.4 is 14.8 Å². The fraction of sp³-hybridized carbons (Fsp3) is 0.259. The first kappa shape index (κ1) is 23.2. The second-order valence-electron chi connectivity index (χ2n) is 7.89. The van der Waals surface area contributed by atoms with Crippen molar-refractivity contribution in [1.29, 1.82) is 0 Å². The van der Waals surface area contributed by atoms with Gasteiger partial charge in [-0.3, -0.25) is 0 Å². The predicted molar refractivity (Wildman–Crippen MR) is 130 cm³/mol. The maximum absolute atomic E-state index is 13.4. The molecule has 4 rings (SSSR count). The van der Waals surface area contributed by atoms with E-state index >= 15 is 0 Å². The first-order valence-corrected chi connectivity index (χ1v) is 11.2. The molecule has 0 unspecified atom stereocenters. The Kier molecular flexibility index (Phi) is 7.01. The van der Waals surface area contributed by atoms with Crippen LogP contribution in [0, 0.1) is 0 Å². The monoisotopic (exact) mass is 460 g/mol. The van der Waals surface area contributed by atoms with E-state index in [-0.39, 0.29) is 18.0 Å². The molecule has 0 spiro atoms. The highest BCUT2D eigenvalue weighted by Crippen LogP contribution is 2.41. The lowest BCUT2D eigenvalue weighted by Gasteiger charge is -2.38. The molecule has 0 fully saturated rings. The van der Waals surface area contributed by atoms with Crippen LogP contribution in [0.4, 0.5) is 10.5 Å². The van der Waals surface area contributed by atoms with E-state index < -0.39 is 0 Å². The van der Waals surface area contributed by atoms with Crippen LogP contribution in [0.5, 0.6) is 11.5 Å². The lowest BCUT2D eigenvalue weighted by Crippen LogP contribution is -2.43. The Morgan fingerprint density at radius 1 is 0.971 bits per heavy atom. The third kappa shape index (κ3) is 4.69. The molecule has 0 aliphatic carbocycles. The number of fused-ring (bicyclic) bond motifs is 1. The van der Waals surface area contributed by atoms with E-state index in [0.717, 1.165) is 16.7 Å². The second-order valence-corrected chi connectivity index (χ2v) is 7.89. The molecular formula is C27H28N2O5. The molecule has 0 bridgehead atoms. The van der Waals surface area contributed by atoms with Crippen molar-refractivity contribution in [2.75, 3.05) is 32.7 Å². The third-order valence-corrected chi connectivity index (χ3v) is 5.90. The first-order valence-electron chi connectivity index (χ1n) is 11.2. The van der Waals surface area contributed by atoms with Crippen molar-refractivity contribution < 1.29 is 23.8 Å². The number of carbonyl (C=O) groups is 2. The van der Waals surface area contributed by atoms with Crippen molar-refractivity contribution in [3.63, 3.8) is 0 Å². The van der Waals surface area contributed by atoms with E-state index in [1.165, 1.54) is 0 Å². The summed E-state index contributed by atoms with van der Waals surface area (Å²) in [6, 6.07) is 20.1. The van der Waals surface area contributed by atoms with Crippen LogP contribution in [-0.4, -0.2) is 44.3 Å². The van der Waals surface area contributed by atoms with Gasteiger partial charge in [0.1, 0.15) is 0 Å². The molecule has 7 heteroatoms. The van der Waals surface area contributed by atoms with E-state index in [2.05, 4.69) is 5.32 Å². The minimum Gasteiger partial charge on any atom is -0.493 e. The number of methoxy groups -OCH3 is 2. The van der Waals surface area contributed by atoms with Gasteiger partial charge in [-0.05, 0) is 66.4 Å². The lowest BCUT2D eigenvalue weighted by atomic mass is 9.88. The number of urea groups is 1. The highest BCUT2D eigenvalue weighted by Gasteiger charge is 2.33. The van der Waals surface area contributed by atoms with Gasteiger partial charge in [0.25, 0.3) is 0 Å². The molecule has 1 aliphatic heterocycles. The zero-order chi connectivity index (χ0) is 24.1. The molecular weight excluding hydrogens is 432 g/mol. The fourth-order valence-corrected chi connectivity index (χ4v) is 4.26. The number of anilines is 1. The molecule has 34 heavy (non-hydrogen) atoms. The maximum Gasteiger partial charge on any atom is 0.338 e. The van der Waals surface area contributed by atoms with Crippen LogP contribution in [-0.2, 0) is 11.2 Å². The summed E-state index contributed by atoms with van der Waals surface area (Å²) in [6.07, 6.45) is 0.689. The summed E-state index contributed by atoms with van der Waals surface area (Å²) >= 11 is 0. The number of hydrogen-bond donors (Lipinski definition) is 1. The Hall–Kier alpha value is -4.00. The SMILES string of the molecule is CCOC(=O)c1ccc(NC(=O)N2CCc3cc(OC)c(OC)cc3[C@H]2c2ccccc2)cc1. The van der Waals surface area contributed by atoms with Gasteiger partial charge in [-0.1, -0.05) is 30.3 Å². The van der Waals surface area contributed by atoms with Crippen molar-refractivity contribution in [2.24, 2.45) is 0 Å². The van der Waals surface area contributed by atoms with E-state index in [1.807, 2.05) is 47.4 Å². The van der Waals surface area contributed by atoms with E-state index in [4.69, 9.17) is 14.2 Å². The molecule has 176 valence electrons. The third-order valence-electron chi connectivity index (χ3n) is 5.90. The number of carbonyl (C=O) groups excluding carboxylic acids is 2. The normalized spacial score (nSPS) is 14.7. The Morgan fingerprint density at radius 2 is 1.65 bits per heavy atom. The summed E-state index contributed by atoms with van der Waals surface area (Å²) in [5.41, 5.74) is 4.17. The summed E-state index contributed by atoms with van der Waals surface area (Å²) < 4.78 is 16.1. The van der Waals surface area contributed by atoms with Crippen molar-refractivity contribution in [3.8, 4) is 11.5 Å². The molecule has 0 saturated heterocycles. The van der Waals surface area contributed by atoms with Gasteiger partial charge in [0.2, 0.25) is 0 Å². The van der Waals surface area contributed by atoms with Gasteiger partial charge in [0.15, 0.2) is 11.5 Å². The zero-order valence-corrected chi connectivity index (χ0v) is 19.5. The Bertz CT molecular complexity index is 1160. The van der Waals surface area contributed by atoms with Crippen molar-refractivity contribution in [2.45, 2.75) is 19.4 Å². The van der Waals surface area contributed by atoms with E-state index in [0.29, 0.717) is 42.3 Å². The minimum absolute atomic E-state index is 0.224. The summed E-state index contributed by atoms with van der Waals surface area (Å²) in [5, 5.41) is 2.97. The largest absolute Gasteiger partial charge is 0.493 e. The summed E-state index contributed by atoms with van der Waals surface area (Å²) in [6.45, 7) is 2.61. The van der Waals surface area contributed by atoms with Crippen LogP contribution in [0.25, 0.3) is 0 Å². The van der Waals surface area contributed by atoms with Gasteiger partial charge >= 0.3 is 12.0 Å². The van der Waals surface area contributed by atoms with Gasteiger partial charge in [0, 0.05) is 12.2 Å². The summed E-state index contributed by atoms with van der Waals surface area (Å²) in [5.74, 6) is 0.910. The van der Waals surface area contributed by atoms with Gasteiger partial charge < -0.3 is 24.4 Å². The summed E-state index contributed by atoms with van der Waals surface area (Å²) in [4.78, 5) is 27.2. The maximum atomic E-state index is 13.4. The Balaban J connectivity index is 1.64. The van der Waals surface area contributed by atoms with Crippen molar-refractivity contribution in [1.82, 2.24) is 4.90 Å². The smallest absolute Gasteiger partial charge is 0.338 e. The topological polar surface area (TPSA) is 77.1 Å². The molecule has 1 aliphatic rings. The lowest BCUT2D eigenvalue weighted by molar-refractivity contribution is 0.0526. The van der Waals surface area contributed by atoms with E-state index in [9.17, 15) is 9.59 Å². The highest BCUT2D eigenvalue weighted by atomic mass is 16.5. The quantitative estimate of drug-likeness (QED) is 0.521. The van der Waals surface area contributed by atoms with Crippen LogP contribution in [0.1, 0.15) is 40.0 Å². The average Bonchev–Trinajstić information content (AvgIpc) is 2.88. The fourth-order valence-electron chi connectivity index (χ4n) is 4.26. The summed E-state index contributed by atoms with van der Waals surface area (Å²) in [7, 11) is 3.23. The number of esters is 1. The van der Waals surface area contributed by atoms with Gasteiger partial charge in [-0.15, -0.1) is 0 Å². The first-order chi connectivity index (χ1) is 16.5.